The molecule has 9 heteroatoms. The lowest BCUT2D eigenvalue weighted by Gasteiger charge is -2.02. The summed E-state index contributed by atoms with van der Waals surface area (Å²) in [5, 5.41) is 8.91. The van der Waals surface area contributed by atoms with E-state index < -0.39 is 5.76 Å². The molecule has 0 fully saturated rings. The average Bonchev–Trinajstić information content (AvgIpc) is 3.44. The Kier molecular flexibility index (Phi) is 5.64. The van der Waals surface area contributed by atoms with Gasteiger partial charge in [0.25, 0.3) is 0 Å². The average molecular weight is 476 g/mol. The number of nitrogens with zero attached hydrogens (tertiary/aromatic N) is 3. The maximum atomic E-state index is 11.0. The second kappa shape index (κ2) is 8.90. The number of nitrogens with one attached hydrogen (secondary N) is 2. The number of hydrogen-bond donors (Lipinski definition) is 2. The van der Waals surface area contributed by atoms with Crippen LogP contribution in [0.2, 0.25) is 10.3 Å². The van der Waals surface area contributed by atoms with E-state index in [1.165, 1.54) is 0 Å². The van der Waals surface area contributed by atoms with Gasteiger partial charge >= 0.3 is 5.76 Å². The van der Waals surface area contributed by atoms with Gasteiger partial charge in [0.15, 0.2) is 5.58 Å². The SMILES string of the molecule is Clc1ncccc1-c1ccc2[nH]ncc2c1.O=c1[nH]c2ccc(-c3cccnc3Cl)cc2o1. The van der Waals surface area contributed by atoms with E-state index in [1.54, 1.807) is 36.8 Å². The molecule has 162 valence electrons. The topological polar surface area (TPSA) is 100 Å². The van der Waals surface area contributed by atoms with Crippen molar-refractivity contribution in [2.24, 2.45) is 0 Å². The first-order valence-corrected chi connectivity index (χ1v) is 10.6. The first-order valence-electron chi connectivity index (χ1n) is 9.86. The number of oxazole rings is 1. The lowest BCUT2D eigenvalue weighted by molar-refractivity contribution is 0.555. The number of halogens is 2. The van der Waals surface area contributed by atoms with Crippen LogP contribution < -0.4 is 5.76 Å². The first-order chi connectivity index (χ1) is 16.1. The molecule has 7 nitrogen and oxygen atoms in total. The van der Waals surface area contributed by atoms with Gasteiger partial charge in [0.05, 0.1) is 17.2 Å². The lowest BCUT2D eigenvalue weighted by Crippen LogP contribution is -1.92. The predicted octanol–water partition coefficient (Wildman–Crippen LogP) is 6.11. The van der Waals surface area contributed by atoms with Crippen LogP contribution >= 0.6 is 23.2 Å². The van der Waals surface area contributed by atoms with E-state index >= 15 is 0 Å². The monoisotopic (exact) mass is 475 g/mol. The zero-order valence-corrected chi connectivity index (χ0v) is 18.4. The van der Waals surface area contributed by atoms with Gasteiger partial charge < -0.3 is 4.42 Å². The molecule has 6 aromatic rings. The van der Waals surface area contributed by atoms with Crippen molar-refractivity contribution in [3.05, 3.63) is 100 Å². The number of fused-ring (bicyclic) bond motifs is 2. The van der Waals surface area contributed by atoms with E-state index in [-0.39, 0.29) is 0 Å². The van der Waals surface area contributed by atoms with Crippen LogP contribution in [0.1, 0.15) is 0 Å². The molecular formula is C24H15Cl2N5O2. The Labute approximate surface area is 197 Å². The Morgan fingerprint density at radius 3 is 2.09 bits per heavy atom. The van der Waals surface area contributed by atoms with Gasteiger partial charge in [-0.25, -0.2) is 14.8 Å². The summed E-state index contributed by atoms with van der Waals surface area (Å²) in [4.78, 5) is 21.7. The largest absolute Gasteiger partial charge is 0.417 e. The van der Waals surface area contributed by atoms with Crippen LogP contribution in [0.5, 0.6) is 0 Å². The van der Waals surface area contributed by atoms with Crippen LogP contribution in [-0.4, -0.2) is 25.1 Å². The summed E-state index contributed by atoms with van der Waals surface area (Å²) in [7, 11) is 0. The molecular weight excluding hydrogens is 461 g/mol. The van der Waals surface area contributed by atoms with Crippen LogP contribution in [0, 0.1) is 0 Å². The third kappa shape index (κ3) is 4.37. The van der Waals surface area contributed by atoms with E-state index in [2.05, 4.69) is 25.1 Å². The Balaban J connectivity index is 0.000000139. The predicted molar refractivity (Wildman–Crippen MR) is 129 cm³/mol. The third-order valence-electron chi connectivity index (χ3n) is 5.00. The zero-order chi connectivity index (χ0) is 22.8. The Morgan fingerprint density at radius 1 is 0.788 bits per heavy atom. The van der Waals surface area contributed by atoms with E-state index in [9.17, 15) is 4.79 Å². The van der Waals surface area contributed by atoms with Gasteiger partial charge in [0.2, 0.25) is 0 Å². The van der Waals surface area contributed by atoms with E-state index in [1.807, 2.05) is 42.5 Å². The molecule has 4 heterocycles. The Hall–Kier alpha value is -3.94. The highest BCUT2D eigenvalue weighted by Gasteiger charge is 2.07. The number of pyridine rings is 2. The summed E-state index contributed by atoms with van der Waals surface area (Å²) in [6, 6.07) is 18.9. The van der Waals surface area contributed by atoms with Crippen molar-refractivity contribution >= 4 is 45.2 Å². The van der Waals surface area contributed by atoms with Crippen LogP contribution in [-0.2, 0) is 0 Å². The number of aromatic nitrogens is 5. The third-order valence-corrected chi connectivity index (χ3v) is 5.60. The lowest BCUT2D eigenvalue weighted by atomic mass is 10.1. The van der Waals surface area contributed by atoms with Gasteiger partial charge in [-0.3, -0.25) is 10.1 Å². The molecule has 2 N–H and O–H groups in total. The summed E-state index contributed by atoms with van der Waals surface area (Å²) < 4.78 is 5.00. The standard InChI is InChI=1S/C12H8ClN3.C12H7ClN2O2/c13-12-10(2-1-5-14-12)8-3-4-11-9(6-8)7-15-16-11;13-11-8(2-1-5-14-11)7-3-4-9-10(6-7)17-12(16)15-9/h1-7H,(H,15,16);1-6H,(H,15,16). The van der Waals surface area contributed by atoms with E-state index in [0.29, 0.717) is 21.4 Å². The molecule has 0 unspecified atom stereocenters. The van der Waals surface area contributed by atoms with Crippen LogP contribution in [0.4, 0.5) is 0 Å². The molecule has 0 saturated carbocycles. The van der Waals surface area contributed by atoms with Gasteiger partial charge in [-0.05, 0) is 59.7 Å². The summed E-state index contributed by atoms with van der Waals surface area (Å²) in [6.45, 7) is 0. The van der Waals surface area contributed by atoms with Gasteiger partial charge in [-0.1, -0.05) is 35.3 Å². The van der Waals surface area contributed by atoms with Crippen molar-refractivity contribution in [1.29, 1.82) is 0 Å². The van der Waals surface area contributed by atoms with Gasteiger partial charge in [0, 0.05) is 28.9 Å². The number of hydrogen-bond acceptors (Lipinski definition) is 5. The molecule has 6 rings (SSSR count). The molecule has 0 amide bonds. The van der Waals surface area contributed by atoms with Crippen molar-refractivity contribution in [3.63, 3.8) is 0 Å². The molecule has 0 saturated heterocycles. The highest BCUT2D eigenvalue weighted by atomic mass is 35.5. The fourth-order valence-electron chi connectivity index (χ4n) is 3.43. The summed E-state index contributed by atoms with van der Waals surface area (Å²) in [5.41, 5.74) is 5.84. The van der Waals surface area contributed by atoms with E-state index in [0.717, 1.165) is 33.2 Å². The maximum absolute atomic E-state index is 11.0. The molecule has 0 bridgehead atoms. The second-order valence-electron chi connectivity index (χ2n) is 7.08. The number of benzene rings is 2. The molecule has 0 radical (unpaired) electrons. The van der Waals surface area contributed by atoms with E-state index in [4.69, 9.17) is 27.6 Å². The molecule has 2 aromatic carbocycles. The fourth-order valence-corrected chi connectivity index (χ4v) is 3.88. The summed E-state index contributed by atoms with van der Waals surface area (Å²) >= 11 is 12.1. The van der Waals surface area contributed by atoms with Crippen molar-refractivity contribution in [2.75, 3.05) is 0 Å². The normalized spacial score (nSPS) is 10.8. The van der Waals surface area contributed by atoms with Crippen molar-refractivity contribution in [3.8, 4) is 22.3 Å². The highest BCUT2D eigenvalue weighted by molar-refractivity contribution is 6.32. The molecule has 0 spiro atoms. The second-order valence-corrected chi connectivity index (χ2v) is 7.80. The molecule has 0 aliphatic rings. The van der Waals surface area contributed by atoms with Gasteiger partial charge in [0.1, 0.15) is 10.3 Å². The van der Waals surface area contributed by atoms with Gasteiger partial charge in [-0.2, -0.15) is 5.10 Å². The van der Waals surface area contributed by atoms with Crippen molar-refractivity contribution in [2.45, 2.75) is 0 Å². The summed E-state index contributed by atoms with van der Waals surface area (Å²) in [6.07, 6.45) is 5.10. The van der Waals surface area contributed by atoms with Crippen LogP contribution in [0.3, 0.4) is 0 Å². The zero-order valence-electron chi connectivity index (χ0n) is 16.9. The maximum Gasteiger partial charge on any atom is 0.417 e. The highest BCUT2D eigenvalue weighted by Crippen LogP contribution is 2.29. The minimum atomic E-state index is -0.463. The van der Waals surface area contributed by atoms with Gasteiger partial charge in [-0.15, -0.1) is 0 Å². The minimum absolute atomic E-state index is 0.421. The molecule has 33 heavy (non-hydrogen) atoms. The fraction of sp³-hybridized carbons (Fsp3) is 0. The quantitative estimate of drug-likeness (QED) is 0.294. The number of aromatic amines is 2. The minimum Gasteiger partial charge on any atom is -0.408 e. The number of H-pyrrole nitrogens is 2. The van der Waals surface area contributed by atoms with Crippen LogP contribution in [0.15, 0.2) is 88.5 Å². The Morgan fingerprint density at radius 2 is 1.42 bits per heavy atom. The number of rotatable bonds is 2. The first kappa shape index (κ1) is 20.9. The van der Waals surface area contributed by atoms with Crippen molar-refractivity contribution in [1.82, 2.24) is 25.1 Å². The van der Waals surface area contributed by atoms with Crippen molar-refractivity contribution < 1.29 is 4.42 Å². The smallest absolute Gasteiger partial charge is 0.408 e. The molecule has 0 atom stereocenters. The molecule has 0 aliphatic heterocycles. The van der Waals surface area contributed by atoms with Crippen LogP contribution in [0.25, 0.3) is 44.3 Å². The molecule has 4 aromatic heterocycles. The Bertz CT molecular complexity index is 1640. The molecule has 0 aliphatic carbocycles. The summed E-state index contributed by atoms with van der Waals surface area (Å²) in [5.74, 6) is -0.463.